The van der Waals surface area contributed by atoms with Gasteiger partial charge in [-0.2, -0.15) is 0 Å². The third kappa shape index (κ3) is 3.65. The molecule has 2 N–H and O–H groups in total. The molecule has 2 aromatic carbocycles. The fourth-order valence-electron chi connectivity index (χ4n) is 4.69. The summed E-state index contributed by atoms with van der Waals surface area (Å²) < 4.78 is 2.06. The highest BCUT2D eigenvalue weighted by atomic mass is 35.5. The molecule has 1 saturated heterocycles. The van der Waals surface area contributed by atoms with Gasteiger partial charge in [-0.3, -0.25) is 0 Å². The van der Waals surface area contributed by atoms with Crippen LogP contribution in [0.2, 0.25) is 5.02 Å². The summed E-state index contributed by atoms with van der Waals surface area (Å²) in [7, 11) is 0. The highest BCUT2D eigenvalue weighted by Crippen LogP contribution is 2.39. The van der Waals surface area contributed by atoms with Gasteiger partial charge in [0.25, 0.3) is 0 Å². The minimum atomic E-state index is 0.217. The van der Waals surface area contributed by atoms with Crippen molar-refractivity contribution in [3.63, 3.8) is 0 Å². The Bertz CT molecular complexity index is 1000. The Morgan fingerprint density at radius 1 is 1.07 bits per heavy atom. The number of hydrogen-bond donors (Lipinski definition) is 2. The van der Waals surface area contributed by atoms with E-state index in [-0.39, 0.29) is 6.04 Å². The molecule has 1 atom stereocenters. The van der Waals surface area contributed by atoms with Crippen LogP contribution < -0.4 is 10.6 Å². The number of piperidine rings is 1. The van der Waals surface area contributed by atoms with Crippen molar-refractivity contribution in [3.05, 3.63) is 64.3 Å². The molecule has 29 heavy (non-hydrogen) atoms. The summed E-state index contributed by atoms with van der Waals surface area (Å²) in [5, 5.41) is 16.7. The van der Waals surface area contributed by atoms with Crippen LogP contribution in [-0.2, 0) is 6.54 Å². The Kier molecular flexibility index (Phi) is 5.02. The summed E-state index contributed by atoms with van der Waals surface area (Å²) >= 11 is 6.08. The molecular weight excluding hydrogens is 382 g/mol. The van der Waals surface area contributed by atoms with E-state index in [1.54, 1.807) is 0 Å². The number of rotatable bonds is 3. The van der Waals surface area contributed by atoms with Gasteiger partial charge in [0, 0.05) is 22.8 Å². The monoisotopic (exact) mass is 407 g/mol. The molecule has 1 unspecified atom stereocenters. The second-order valence-electron chi connectivity index (χ2n) is 8.11. The van der Waals surface area contributed by atoms with E-state index >= 15 is 0 Å². The minimum absolute atomic E-state index is 0.217. The van der Waals surface area contributed by atoms with Crippen molar-refractivity contribution >= 4 is 17.3 Å². The maximum absolute atomic E-state index is 6.08. The highest BCUT2D eigenvalue weighted by molar-refractivity contribution is 6.30. The molecule has 0 aliphatic carbocycles. The molecule has 5 rings (SSSR count). The molecule has 0 spiro atoms. The molecule has 3 heterocycles. The van der Waals surface area contributed by atoms with Gasteiger partial charge in [0.15, 0.2) is 0 Å². The molecule has 1 fully saturated rings. The fourth-order valence-corrected chi connectivity index (χ4v) is 4.81. The molecule has 0 radical (unpaired) electrons. The van der Waals surface area contributed by atoms with Gasteiger partial charge in [-0.15, -0.1) is 5.10 Å². The SMILES string of the molecule is Cc1nnn2c1-c1ccc(C3CCNCC3)cc1C(Nc1ccc(Cl)cc1)CC2. The quantitative estimate of drug-likeness (QED) is 0.646. The maximum atomic E-state index is 6.08. The van der Waals surface area contributed by atoms with Gasteiger partial charge >= 0.3 is 0 Å². The Morgan fingerprint density at radius 3 is 2.66 bits per heavy atom. The molecule has 6 heteroatoms. The van der Waals surface area contributed by atoms with Crippen LogP contribution >= 0.6 is 11.6 Å². The van der Waals surface area contributed by atoms with Crippen LogP contribution in [0.4, 0.5) is 5.69 Å². The summed E-state index contributed by atoms with van der Waals surface area (Å²) in [6, 6.07) is 15.2. The molecule has 2 aliphatic rings. The fraction of sp³-hybridized carbons (Fsp3) is 0.391. The Morgan fingerprint density at radius 2 is 1.86 bits per heavy atom. The van der Waals surface area contributed by atoms with Crippen molar-refractivity contribution in [1.82, 2.24) is 20.3 Å². The second-order valence-corrected chi connectivity index (χ2v) is 8.55. The predicted molar refractivity (Wildman–Crippen MR) is 117 cm³/mol. The first-order chi connectivity index (χ1) is 14.2. The van der Waals surface area contributed by atoms with Crippen LogP contribution in [0.3, 0.4) is 0 Å². The van der Waals surface area contributed by atoms with Crippen LogP contribution in [-0.4, -0.2) is 28.1 Å². The van der Waals surface area contributed by atoms with Crippen LogP contribution in [0.5, 0.6) is 0 Å². The van der Waals surface area contributed by atoms with Crippen molar-refractivity contribution in [2.24, 2.45) is 0 Å². The van der Waals surface area contributed by atoms with E-state index in [9.17, 15) is 0 Å². The first-order valence-electron chi connectivity index (χ1n) is 10.5. The van der Waals surface area contributed by atoms with Crippen molar-refractivity contribution in [2.45, 2.75) is 44.7 Å². The van der Waals surface area contributed by atoms with Crippen molar-refractivity contribution in [2.75, 3.05) is 18.4 Å². The first kappa shape index (κ1) is 18.6. The van der Waals surface area contributed by atoms with E-state index in [0.717, 1.165) is 48.2 Å². The number of aryl methyl sites for hydroxylation is 2. The van der Waals surface area contributed by atoms with Crippen molar-refractivity contribution in [1.29, 1.82) is 0 Å². The average molecular weight is 408 g/mol. The summed E-state index contributed by atoms with van der Waals surface area (Å²) in [6.45, 7) is 5.10. The third-order valence-corrected chi connectivity index (χ3v) is 6.49. The molecule has 0 amide bonds. The zero-order valence-electron chi connectivity index (χ0n) is 16.7. The van der Waals surface area contributed by atoms with E-state index < -0.39 is 0 Å². The number of nitrogens with one attached hydrogen (secondary N) is 2. The van der Waals surface area contributed by atoms with E-state index in [1.807, 2.05) is 12.1 Å². The largest absolute Gasteiger partial charge is 0.378 e. The number of aromatic nitrogens is 3. The average Bonchev–Trinajstić information content (AvgIpc) is 3.05. The van der Waals surface area contributed by atoms with E-state index in [0.29, 0.717) is 5.92 Å². The molecular formula is C23H26ClN5. The van der Waals surface area contributed by atoms with Gasteiger partial charge in [0.1, 0.15) is 0 Å². The van der Waals surface area contributed by atoms with Gasteiger partial charge in [-0.05, 0) is 80.6 Å². The van der Waals surface area contributed by atoms with E-state index in [4.69, 9.17) is 11.6 Å². The Labute approximate surface area is 176 Å². The summed E-state index contributed by atoms with van der Waals surface area (Å²) in [5.41, 5.74) is 7.28. The highest BCUT2D eigenvalue weighted by Gasteiger charge is 2.27. The molecule has 0 saturated carbocycles. The third-order valence-electron chi connectivity index (χ3n) is 6.23. The lowest BCUT2D eigenvalue weighted by Gasteiger charge is -2.26. The topological polar surface area (TPSA) is 54.8 Å². The molecule has 2 aliphatic heterocycles. The summed E-state index contributed by atoms with van der Waals surface area (Å²) in [4.78, 5) is 0. The minimum Gasteiger partial charge on any atom is -0.378 e. The molecule has 3 aromatic rings. The number of benzene rings is 2. The normalized spacial score (nSPS) is 19.3. The van der Waals surface area contributed by atoms with Gasteiger partial charge in [-0.25, -0.2) is 4.68 Å². The lowest BCUT2D eigenvalue weighted by Crippen LogP contribution is -2.26. The second kappa shape index (κ2) is 7.81. The predicted octanol–water partition coefficient (Wildman–Crippen LogP) is 4.93. The summed E-state index contributed by atoms with van der Waals surface area (Å²) in [6.07, 6.45) is 3.36. The van der Waals surface area contributed by atoms with Crippen molar-refractivity contribution in [3.8, 4) is 11.3 Å². The number of anilines is 1. The molecule has 1 aromatic heterocycles. The Balaban J connectivity index is 1.57. The molecule has 5 nitrogen and oxygen atoms in total. The Hall–Kier alpha value is -2.37. The van der Waals surface area contributed by atoms with Crippen molar-refractivity contribution < 1.29 is 0 Å². The number of fused-ring (bicyclic) bond motifs is 3. The lowest BCUT2D eigenvalue weighted by molar-refractivity contribution is 0.460. The van der Waals surface area contributed by atoms with Crippen LogP contribution in [0, 0.1) is 6.92 Å². The van der Waals surface area contributed by atoms with Gasteiger partial charge in [0.05, 0.1) is 17.4 Å². The van der Waals surface area contributed by atoms with E-state index in [2.05, 4.69) is 62.9 Å². The van der Waals surface area contributed by atoms with Gasteiger partial charge in [-0.1, -0.05) is 35.0 Å². The standard InChI is InChI=1S/C23H26ClN5/c1-15-23-20-7-2-17(16-8-11-25-12-9-16)14-21(20)22(10-13-29(23)28-27-15)26-19-5-3-18(24)4-6-19/h2-7,14,16,22,25-26H,8-13H2,1H3. The number of hydrogen-bond acceptors (Lipinski definition) is 4. The molecule has 150 valence electrons. The number of nitrogens with zero attached hydrogens (tertiary/aromatic N) is 3. The zero-order valence-corrected chi connectivity index (χ0v) is 17.4. The van der Waals surface area contributed by atoms with Crippen LogP contribution in [0.25, 0.3) is 11.3 Å². The van der Waals surface area contributed by atoms with E-state index in [1.165, 1.54) is 29.5 Å². The maximum Gasteiger partial charge on any atom is 0.0918 e. The number of halogens is 1. The van der Waals surface area contributed by atoms with Crippen LogP contribution in [0.15, 0.2) is 42.5 Å². The zero-order chi connectivity index (χ0) is 19.8. The smallest absolute Gasteiger partial charge is 0.0918 e. The molecule has 0 bridgehead atoms. The lowest BCUT2D eigenvalue weighted by atomic mass is 9.86. The van der Waals surface area contributed by atoms with Crippen LogP contribution in [0.1, 0.15) is 48.0 Å². The van der Waals surface area contributed by atoms with Gasteiger partial charge < -0.3 is 10.6 Å². The van der Waals surface area contributed by atoms with Gasteiger partial charge in [0.2, 0.25) is 0 Å². The summed E-state index contributed by atoms with van der Waals surface area (Å²) in [5.74, 6) is 0.630. The first-order valence-corrected chi connectivity index (χ1v) is 10.8.